The molecule has 0 aliphatic carbocycles. The molecule has 2 aliphatic rings. The van der Waals surface area contributed by atoms with Gasteiger partial charge in [0.05, 0.1) is 6.54 Å². The molecule has 1 N–H and O–H groups in total. The highest BCUT2D eigenvalue weighted by atomic mass is 127. The average Bonchev–Trinajstić information content (AvgIpc) is 3.12. The monoisotopic (exact) mass is 496 g/mol. The maximum absolute atomic E-state index is 13.1. The molecule has 0 bridgehead atoms. The van der Waals surface area contributed by atoms with Crippen molar-refractivity contribution in [3.05, 3.63) is 54.0 Å². The van der Waals surface area contributed by atoms with Crippen molar-refractivity contribution in [1.82, 2.24) is 15.2 Å². The van der Waals surface area contributed by atoms with Crippen LogP contribution in [0.2, 0.25) is 0 Å². The molecule has 8 heteroatoms. The van der Waals surface area contributed by atoms with Gasteiger partial charge in [-0.1, -0.05) is 0 Å². The molecule has 0 radical (unpaired) electrons. The van der Waals surface area contributed by atoms with Crippen molar-refractivity contribution in [2.24, 2.45) is 4.99 Å². The lowest BCUT2D eigenvalue weighted by Gasteiger charge is -2.36. The first-order chi connectivity index (χ1) is 13.2. The Morgan fingerprint density at radius 2 is 1.71 bits per heavy atom. The number of likely N-dealkylation sites (N-methyl/N-ethyl adjacent to an activating group) is 1. The SMILES string of the molecule is CN1CCN=C1NCc1ccnc(N2CCN(c3ccc(F)cc3)CC2)c1.I. The Morgan fingerprint density at radius 3 is 2.39 bits per heavy atom. The van der Waals surface area contributed by atoms with Crippen LogP contribution in [0.3, 0.4) is 0 Å². The summed E-state index contributed by atoms with van der Waals surface area (Å²) in [5.41, 5.74) is 2.27. The number of rotatable bonds is 4. The molecule has 1 aromatic heterocycles. The van der Waals surface area contributed by atoms with E-state index in [1.165, 1.54) is 17.7 Å². The highest BCUT2D eigenvalue weighted by Gasteiger charge is 2.19. The van der Waals surface area contributed by atoms with Gasteiger partial charge in [-0.15, -0.1) is 24.0 Å². The molecule has 2 aromatic rings. The summed E-state index contributed by atoms with van der Waals surface area (Å²) in [5, 5.41) is 3.40. The van der Waals surface area contributed by atoms with Crippen LogP contribution < -0.4 is 15.1 Å². The number of anilines is 2. The number of aliphatic imine (C=N–C) groups is 1. The van der Waals surface area contributed by atoms with Crippen LogP contribution in [-0.4, -0.2) is 62.2 Å². The normalized spacial score (nSPS) is 16.6. The van der Waals surface area contributed by atoms with Crippen LogP contribution >= 0.6 is 24.0 Å². The minimum atomic E-state index is -0.193. The Labute approximate surface area is 182 Å². The van der Waals surface area contributed by atoms with E-state index in [0.29, 0.717) is 0 Å². The topological polar surface area (TPSA) is 47.0 Å². The van der Waals surface area contributed by atoms with Gasteiger partial charge in [0.2, 0.25) is 0 Å². The number of halogens is 2. The number of piperazine rings is 1. The van der Waals surface area contributed by atoms with Gasteiger partial charge in [0.1, 0.15) is 11.6 Å². The maximum Gasteiger partial charge on any atom is 0.194 e. The molecular formula is C20H26FIN6. The van der Waals surface area contributed by atoms with Crippen molar-refractivity contribution in [1.29, 1.82) is 0 Å². The summed E-state index contributed by atoms with van der Waals surface area (Å²) in [6.07, 6.45) is 1.87. The molecule has 4 rings (SSSR count). The van der Waals surface area contributed by atoms with Crippen molar-refractivity contribution < 1.29 is 4.39 Å². The molecule has 1 aromatic carbocycles. The van der Waals surface area contributed by atoms with Crippen LogP contribution in [0.25, 0.3) is 0 Å². The van der Waals surface area contributed by atoms with Gasteiger partial charge in [0, 0.05) is 58.2 Å². The molecule has 6 nitrogen and oxygen atoms in total. The van der Waals surface area contributed by atoms with Crippen molar-refractivity contribution in [2.75, 3.05) is 56.1 Å². The van der Waals surface area contributed by atoms with Crippen LogP contribution in [0.15, 0.2) is 47.6 Å². The molecule has 0 saturated carbocycles. The summed E-state index contributed by atoms with van der Waals surface area (Å²) in [5.74, 6) is 1.78. The molecular weight excluding hydrogens is 470 g/mol. The number of nitrogens with zero attached hydrogens (tertiary/aromatic N) is 5. The Kier molecular flexibility index (Phi) is 6.93. The zero-order valence-electron chi connectivity index (χ0n) is 16.0. The molecule has 3 heterocycles. The highest BCUT2D eigenvalue weighted by molar-refractivity contribution is 14.0. The Morgan fingerprint density at radius 1 is 1.00 bits per heavy atom. The van der Waals surface area contributed by atoms with E-state index in [1.54, 1.807) is 0 Å². The molecule has 0 amide bonds. The molecule has 150 valence electrons. The van der Waals surface area contributed by atoms with E-state index in [4.69, 9.17) is 0 Å². The average molecular weight is 496 g/mol. The Hall–Kier alpha value is -2.10. The van der Waals surface area contributed by atoms with E-state index < -0.39 is 0 Å². The van der Waals surface area contributed by atoms with E-state index in [-0.39, 0.29) is 29.8 Å². The van der Waals surface area contributed by atoms with E-state index in [9.17, 15) is 4.39 Å². The second kappa shape index (κ2) is 9.40. The predicted molar refractivity (Wildman–Crippen MR) is 122 cm³/mol. The van der Waals surface area contributed by atoms with Gasteiger partial charge in [-0.05, 0) is 42.0 Å². The molecule has 2 aliphatic heterocycles. The molecule has 0 atom stereocenters. The van der Waals surface area contributed by atoms with Gasteiger partial charge in [0.25, 0.3) is 0 Å². The number of hydrogen-bond acceptors (Lipinski definition) is 6. The van der Waals surface area contributed by atoms with Gasteiger partial charge in [-0.2, -0.15) is 0 Å². The molecule has 0 spiro atoms. The van der Waals surface area contributed by atoms with Gasteiger partial charge in [-0.25, -0.2) is 9.37 Å². The summed E-state index contributed by atoms with van der Waals surface area (Å²) in [6.45, 7) is 6.18. The predicted octanol–water partition coefficient (Wildman–Crippen LogP) is 2.56. The van der Waals surface area contributed by atoms with Gasteiger partial charge in [0.15, 0.2) is 5.96 Å². The minimum Gasteiger partial charge on any atom is -0.368 e. The second-order valence-electron chi connectivity index (χ2n) is 6.95. The van der Waals surface area contributed by atoms with Crippen LogP contribution in [0.5, 0.6) is 0 Å². The lowest BCUT2D eigenvalue weighted by atomic mass is 10.2. The summed E-state index contributed by atoms with van der Waals surface area (Å²) < 4.78 is 13.1. The summed E-state index contributed by atoms with van der Waals surface area (Å²) >= 11 is 0. The largest absolute Gasteiger partial charge is 0.368 e. The fraction of sp³-hybridized carbons (Fsp3) is 0.400. The van der Waals surface area contributed by atoms with Crippen LogP contribution in [0, 0.1) is 5.82 Å². The molecule has 1 fully saturated rings. The lowest BCUT2D eigenvalue weighted by Crippen LogP contribution is -2.46. The summed E-state index contributed by atoms with van der Waals surface area (Å²) in [7, 11) is 2.05. The Bertz CT molecular complexity index is 805. The summed E-state index contributed by atoms with van der Waals surface area (Å²) in [6, 6.07) is 10.9. The zero-order chi connectivity index (χ0) is 18.6. The van der Waals surface area contributed by atoms with Crippen LogP contribution in [0.1, 0.15) is 5.56 Å². The Balaban J connectivity index is 0.00000225. The first kappa shape index (κ1) is 20.6. The third-order valence-electron chi connectivity index (χ3n) is 5.11. The van der Waals surface area contributed by atoms with E-state index in [2.05, 4.69) is 43.1 Å². The van der Waals surface area contributed by atoms with Crippen LogP contribution in [0.4, 0.5) is 15.9 Å². The fourth-order valence-corrected chi connectivity index (χ4v) is 3.49. The first-order valence-corrected chi connectivity index (χ1v) is 9.39. The standard InChI is InChI=1S/C20H25FN6.HI/c1-25-9-8-23-20(25)24-15-16-6-7-22-19(14-16)27-12-10-26(11-13-27)18-4-2-17(21)3-5-18;/h2-7,14H,8-13,15H2,1H3,(H,23,24);1H. The smallest absolute Gasteiger partial charge is 0.194 e. The van der Waals surface area contributed by atoms with Gasteiger partial charge in [-0.3, -0.25) is 4.99 Å². The van der Waals surface area contributed by atoms with Gasteiger partial charge < -0.3 is 20.0 Å². The van der Waals surface area contributed by atoms with Crippen LogP contribution in [-0.2, 0) is 6.54 Å². The van der Waals surface area contributed by atoms with E-state index in [0.717, 1.165) is 63.3 Å². The quantitative estimate of drug-likeness (QED) is 0.660. The molecule has 1 saturated heterocycles. The summed E-state index contributed by atoms with van der Waals surface area (Å²) in [4.78, 5) is 15.8. The third-order valence-corrected chi connectivity index (χ3v) is 5.11. The van der Waals surface area contributed by atoms with E-state index >= 15 is 0 Å². The number of nitrogens with one attached hydrogen (secondary N) is 1. The van der Waals surface area contributed by atoms with Crippen molar-refractivity contribution in [3.8, 4) is 0 Å². The fourth-order valence-electron chi connectivity index (χ4n) is 3.49. The minimum absolute atomic E-state index is 0. The number of hydrogen-bond donors (Lipinski definition) is 1. The number of pyridine rings is 1. The third kappa shape index (κ3) is 4.84. The number of aromatic nitrogens is 1. The van der Waals surface area contributed by atoms with Gasteiger partial charge >= 0.3 is 0 Å². The number of benzene rings is 1. The second-order valence-corrected chi connectivity index (χ2v) is 6.95. The number of guanidine groups is 1. The maximum atomic E-state index is 13.1. The highest BCUT2D eigenvalue weighted by Crippen LogP contribution is 2.20. The van der Waals surface area contributed by atoms with E-state index in [1.807, 2.05) is 24.4 Å². The molecule has 0 unspecified atom stereocenters. The first-order valence-electron chi connectivity index (χ1n) is 9.39. The lowest BCUT2D eigenvalue weighted by molar-refractivity contribution is 0.534. The van der Waals surface area contributed by atoms with Crippen molar-refractivity contribution in [2.45, 2.75) is 6.54 Å². The van der Waals surface area contributed by atoms with Crippen molar-refractivity contribution >= 4 is 41.4 Å². The van der Waals surface area contributed by atoms with Crippen molar-refractivity contribution in [3.63, 3.8) is 0 Å². The zero-order valence-corrected chi connectivity index (χ0v) is 18.3. The molecule has 28 heavy (non-hydrogen) atoms.